The van der Waals surface area contributed by atoms with Gasteiger partial charge in [-0.15, -0.1) is 0 Å². The maximum absolute atomic E-state index is 9.90. The predicted octanol–water partition coefficient (Wildman–Crippen LogP) is 2.41. The van der Waals surface area contributed by atoms with E-state index < -0.39 is 0 Å². The predicted molar refractivity (Wildman–Crippen MR) is 62.8 cm³/mol. The molecule has 0 aliphatic heterocycles. The van der Waals surface area contributed by atoms with Gasteiger partial charge >= 0.3 is 0 Å². The summed E-state index contributed by atoms with van der Waals surface area (Å²) in [6.45, 7) is 2.36. The molecule has 0 saturated heterocycles. The van der Waals surface area contributed by atoms with E-state index in [0.29, 0.717) is 6.04 Å². The fraction of sp³-hybridized carbons (Fsp3) is 1.00. The van der Waals surface area contributed by atoms with Crippen LogP contribution in [0.4, 0.5) is 0 Å². The summed E-state index contributed by atoms with van der Waals surface area (Å²) < 4.78 is 0. The first-order valence-corrected chi connectivity index (χ1v) is 6.58. The van der Waals surface area contributed by atoms with Crippen LogP contribution in [0.1, 0.15) is 51.9 Å². The van der Waals surface area contributed by atoms with Gasteiger partial charge < -0.3 is 5.11 Å². The summed E-state index contributed by atoms with van der Waals surface area (Å²) in [5.74, 6) is 0.920. The summed E-state index contributed by atoms with van der Waals surface area (Å²) in [5, 5.41) is 9.90. The first-order valence-electron chi connectivity index (χ1n) is 6.58. The Hall–Kier alpha value is -0.0800. The zero-order valence-corrected chi connectivity index (χ0v) is 10.2. The van der Waals surface area contributed by atoms with Gasteiger partial charge in [0, 0.05) is 12.1 Å². The van der Waals surface area contributed by atoms with Crippen molar-refractivity contribution in [3.05, 3.63) is 0 Å². The lowest BCUT2D eigenvalue weighted by atomic mass is 9.86. The Kier molecular flexibility index (Phi) is 3.68. The number of likely N-dealkylation sites (N-methyl/N-ethyl adjacent to an activating group) is 1. The highest BCUT2D eigenvalue weighted by Crippen LogP contribution is 2.31. The second-order valence-corrected chi connectivity index (χ2v) is 5.64. The zero-order valence-electron chi connectivity index (χ0n) is 10.2. The molecule has 0 bridgehead atoms. The molecule has 0 heterocycles. The highest BCUT2D eigenvalue weighted by molar-refractivity contribution is 4.88. The van der Waals surface area contributed by atoms with E-state index in [9.17, 15) is 5.11 Å². The summed E-state index contributed by atoms with van der Waals surface area (Å²) in [6, 6.07) is 1.18. The van der Waals surface area contributed by atoms with E-state index in [1.807, 2.05) is 0 Å². The van der Waals surface area contributed by atoms with Crippen LogP contribution in [0.5, 0.6) is 0 Å². The quantitative estimate of drug-likeness (QED) is 0.758. The number of rotatable bonds is 2. The average Bonchev–Trinajstić information content (AvgIpc) is 2.65. The van der Waals surface area contributed by atoms with Crippen LogP contribution in [0.15, 0.2) is 0 Å². The Balaban J connectivity index is 1.87. The van der Waals surface area contributed by atoms with Crippen LogP contribution in [0.25, 0.3) is 0 Å². The monoisotopic (exact) mass is 211 g/mol. The highest BCUT2D eigenvalue weighted by atomic mass is 16.3. The lowest BCUT2D eigenvalue weighted by Crippen LogP contribution is -2.45. The lowest BCUT2D eigenvalue weighted by molar-refractivity contribution is 0.0454. The Bertz CT molecular complexity index is 199. The molecule has 2 fully saturated rings. The molecule has 2 aliphatic carbocycles. The number of aliphatic hydroxyl groups excluding tert-OH is 1. The normalized spacial score (nSPS) is 42.4. The van der Waals surface area contributed by atoms with Gasteiger partial charge in [0.25, 0.3) is 0 Å². The molecule has 0 amide bonds. The van der Waals surface area contributed by atoms with Crippen molar-refractivity contribution >= 4 is 0 Å². The second-order valence-electron chi connectivity index (χ2n) is 5.64. The van der Waals surface area contributed by atoms with Crippen molar-refractivity contribution < 1.29 is 5.11 Å². The summed E-state index contributed by atoms with van der Waals surface area (Å²) in [6.07, 6.45) is 8.77. The number of hydrogen-bond donors (Lipinski definition) is 1. The van der Waals surface area contributed by atoms with E-state index >= 15 is 0 Å². The van der Waals surface area contributed by atoms with E-state index in [-0.39, 0.29) is 6.10 Å². The first-order chi connectivity index (χ1) is 7.18. The third-order valence-electron chi connectivity index (χ3n) is 4.53. The molecule has 2 saturated carbocycles. The van der Waals surface area contributed by atoms with E-state index in [1.165, 1.54) is 38.5 Å². The number of hydrogen-bond acceptors (Lipinski definition) is 2. The maximum Gasteiger partial charge on any atom is 0.0695 e. The Morgan fingerprint density at radius 3 is 2.20 bits per heavy atom. The summed E-state index contributed by atoms with van der Waals surface area (Å²) in [7, 11) is 2.22. The van der Waals surface area contributed by atoms with Crippen LogP contribution in [0, 0.1) is 5.92 Å². The zero-order chi connectivity index (χ0) is 10.8. The largest absolute Gasteiger partial charge is 0.391 e. The van der Waals surface area contributed by atoms with E-state index in [4.69, 9.17) is 0 Å². The van der Waals surface area contributed by atoms with Gasteiger partial charge in [-0.3, -0.25) is 4.90 Å². The molecular formula is C13H25NO. The van der Waals surface area contributed by atoms with Crippen LogP contribution in [0.3, 0.4) is 0 Å². The van der Waals surface area contributed by atoms with E-state index in [0.717, 1.165) is 18.4 Å². The Morgan fingerprint density at radius 1 is 1.00 bits per heavy atom. The van der Waals surface area contributed by atoms with Crippen LogP contribution < -0.4 is 0 Å². The standard InChI is InChI=1S/C13H25NO/c1-10-6-8-11(9-7-10)14(2)12-4-3-5-13(12)15/h10-13,15H,3-9H2,1-2H3. The highest BCUT2D eigenvalue weighted by Gasteiger charge is 2.33. The van der Waals surface area contributed by atoms with Gasteiger partial charge in [0.15, 0.2) is 0 Å². The third kappa shape index (κ3) is 2.54. The molecule has 0 aromatic rings. The van der Waals surface area contributed by atoms with Crippen LogP contribution in [-0.4, -0.2) is 35.2 Å². The average molecular weight is 211 g/mol. The van der Waals surface area contributed by atoms with Crippen molar-refractivity contribution in [1.82, 2.24) is 4.90 Å². The molecule has 15 heavy (non-hydrogen) atoms. The fourth-order valence-corrected chi connectivity index (χ4v) is 3.32. The molecule has 0 aromatic heterocycles. The summed E-state index contributed by atoms with van der Waals surface area (Å²) in [5.41, 5.74) is 0. The number of aliphatic hydroxyl groups is 1. The van der Waals surface area contributed by atoms with Crippen molar-refractivity contribution in [2.24, 2.45) is 5.92 Å². The molecule has 2 nitrogen and oxygen atoms in total. The van der Waals surface area contributed by atoms with Gasteiger partial charge in [-0.1, -0.05) is 6.92 Å². The smallest absolute Gasteiger partial charge is 0.0695 e. The van der Waals surface area contributed by atoms with Crippen LogP contribution in [-0.2, 0) is 0 Å². The van der Waals surface area contributed by atoms with E-state index in [1.54, 1.807) is 0 Å². The molecule has 0 aromatic carbocycles. The van der Waals surface area contributed by atoms with Gasteiger partial charge in [-0.25, -0.2) is 0 Å². The molecule has 0 radical (unpaired) electrons. The molecule has 2 aliphatic rings. The van der Waals surface area contributed by atoms with Gasteiger partial charge in [-0.2, -0.15) is 0 Å². The van der Waals surface area contributed by atoms with Crippen molar-refractivity contribution in [2.45, 2.75) is 70.1 Å². The van der Waals surface area contributed by atoms with E-state index in [2.05, 4.69) is 18.9 Å². The first kappa shape index (κ1) is 11.4. The fourth-order valence-electron chi connectivity index (χ4n) is 3.32. The second kappa shape index (κ2) is 4.84. The number of nitrogens with zero attached hydrogens (tertiary/aromatic N) is 1. The van der Waals surface area contributed by atoms with Crippen LogP contribution in [0.2, 0.25) is 0 Å². The van der Waals surface area contributed by atoms with Crippen molar-refractivity contribution in [3.8, 4) is 0 Å². The third-order valence-corrected chi connectivity index (χ3v) is 4.53. The maximum atomic E-state index is 9.90. The minimum Gasteiger partial charge on any atom is -0.391 e. The van der Waals surface area contributed by atoms with Crippen molar-refractivity contribution in [1.29, 1.82) is 0 Å². The molecule has 2 heteroatoms. The molecule has 1 N–H and O–H groups in total. The molecule has 2 rings (SSSR count). The SMILES string of the molecule is CC1CCC(N(C)C2CCCC2O)CC1. The van der Waals surface area contributed by atoms with Crippen LogP contribution >= 0.6 is 0 Å². The van der Waals surface area contributed by atoms with Crippen molar-refractivity contribution in [2.75, 3.05) is 7.05 Å². The Labute approximate surface area is 93.7 Å². The van der Waals surface area contributed by atoms with Gasteiger partial charge in [0.05, 0.1) is 6.10 Å². The van der Waals surface area contributed by atoms with Gasteiger partial charge in [0.1, 0.15) is 0 Å². The molecule has 0 spiro atoms. The molecular weight excluding hydrogens is 186 g/mol. The Morgan fingerprint density at radius 2 is 1.67 bits per heavy atom. The lowest BCUT2D eigenvalue weighted by Gasteiger charge is -2.38. The van der Waals surface area contributed by atoms with Crippen molar-refractivity contribution in [3.63, 3.8) is 0 Å². The molecule has 2 unspecified atom stereocenters. The summed E-state index contributed by atoms with van der Waals surface area (Å²) in [4.78, 5) is 2.48. The minimum absolute atomic E-state index is 0.0608. The molecule has 88 valence electrons. The van der Waals surface area contributed by atoms with Gasteiger partial charge in [-0.05, 0) is 57.9 Å². The summed E-state index contributed by atoms with van der Waals surface area (Å²) >= 11 is 0. The topological polar surface area (TPSA) is 23.5 Å². The minimum atomic E-state index is -0.0608. The molecule has 2 atom stereocenters. The van der Waals surface area contributed by atoms with Gasteiger partial charge in [0.2, 0.25) is 0 Å².